The first-order valence-corrected chi connectivity index (χ1v) is 6.24. The van der Waals surface area contributed by atoms with Crippen molar-refractivity contribution < 1.29 is 4.39 Å². The molecule has 3 heteroatoms. The van der Waals surface area contributed by atoms with Gasteiger partial charge in [-0.3, -0.25) is 0 Å². The van der Waals surface area contributed by atoms with E-state index in [2.05, 4.69) is 18.7 Å². The van der Waals surface area contributed by atoms with Gasteiger partial charge in [-0.15, -0.1) is 11.6 Å². The first-order chi connectivity index (χ1) is 7.63. The second kappa shape index (κ2) is 6.09. The molecule has 0 aliphatic rings. The SMILES string of the molecule is CCC(CC)N(C)c1ccc(F)cc1CCl. The smallest absolute Gasteiger partial charge is 0.123 e. The summed E-state index contributed by atoms with van der Waals surface area (Å²) >= 11 is 5.85. The average molecular weight is 244 g/mol. The number of rotatable bonds is 5. The summed E-state index contributed by atoms with van der Waals surface area (Å²) in [6.07, 6.45) is 2.15. The van der Waals surface area contributed by atoms with E-state index >= 15 is 0 Å². The van der Waals surface area contributed by atoms with Gasteiger partial charge < -0.3 is 4.90 Å². The highest BCUT2D eigenvalue weighted by atomic mass is 35.5. The van der Waals surface area contributed by atoms with Gasteiger partial charge in [0.25, 0.3) is 0 Å². The molecule has 0 unspecified atom stereocenters. The molecule has 0 aliphatic carbocycles. The molecule has 0 amide bonds. The maximum absolute atomic E-state index is 13.1. The molecule has 0 bridgehead atoms. The Balaban J connectivity index is 3.02. The summed E-state index contributed by atoms with van der Waals surface area (Å²) in [4.78, 5) is 2.19. The van der Waals surface area contributed by atoms with Gasteiger partial charge >= 0.3 is 0 Å². The van der Waals surface area contributed by atoms with Crippen LogP contribution in [0.4, 0.5) is 10.1 Å². The molecule has 0 radical (unpaired) electrons. The van der Waals surface area contributed by atoms with E-state index in [9.17, 15) is 4.39 Å². The fourth-order valence-electron chi connectivity index (χ4n) is 2.04. The van der Waals surface area contributed by atoms with Gasteiger partial charge in [0.2, 0.25) is 0 Å². The van der Waals surface area contributed by atoms with Crippen molar-refractivity contribution in [2.24, 2.45) is 0 Å². The molecule has 1 nitrogen and oxygen atoms in total. The fourth-order valence-corrected chi connectivity index (χ4v) is 2.25. The van der Waals surface area contributed by atoms with Crippen molar-refractivity contribution in [1.82, 2.24) is 0 Å². The van der Waals surface area contributed by atoms with Gasteiger partial charge in [-0.25, -0.2) is 4.39 Å². The Kier molecular flexibility index (Phi) is 5.07. The lowest BCUT2D eigenvalue weighted by atomic mass is 10.1. The first kappa shape index (κ1) is 13.3. The number of nitrogens with zero attached hydrogens (tertiary/aromatic N) is 1. The number of anilines is 1. The number of benzene rings is 1. The van der Waals surface area contributed by atoms with E-state index in [0.717, 1.165) is 24.1 Å². The van der Waals surface area contributed by atoms with Crippen LogP contribution < -0.4 is 4.90 Å². The van der Waals surface area contributed by atoms with E-state index < -0.39 is 0 Å². The van der Waals surface area contributed by atoms with Crippen LogP contribution in [0.1, 0.15) is 32.3 Å². The third kappa shape index (κ3) is 2.88. The third-order valence-electron chi connectivity index (χ3n) is 3.06. The van der Waals surface area contributed by atoms with Gasteiger partial charge in [-0.05, 0) is 36.6 Å². The van der Waals surface area contributed by atoms with E-state index in [1.165, 1.54) is 12.1 Å². The van der Waals surface area contributed by atoms with Crippen LogP contribution in [0, 0.1) is 5.82 Å². The molecule has 0 N–H and O–H groups in total. The molecular formula is C13H19ClFN. The molecule has 0 aromatic heterocycles. The van der Waals surface area contributed by atoms with Gasteiger partial charge in [-0.1, -0.05) is 13.8 Å². The summed E-state index contributed by atoms with van der Waals surface area (Å²) in [6, 6.07) is 5.30. The Bertz CT molecular complexity index is 337. The minimum Gasteiger partial charge on any atom is -0.371 e. The summed E-state index contributed by atoms with van der Waals surface area (Å²) in [6.45, 7) is 4.32. The van der Waals surface area contributed by atoms with Crippen molar-refractivity contribution in [3.8, 4) is 0 Å². The van der Waals surface area contributed by atoms with E-state index in [1.54, 1.807) is 0 Å². The van der Waals surface area contributed by atoms with Crippen LogP contribution in [0.3, 0.4) is 0 Å². The standard InChI is InChI=1S/C13H19ClFN/c1-4-12(5-2)16(3)13-7-6-11(15)8-10(13)9-14/h6-8,12H,4-5,9H2,1-3H3. The summed E-state index contributed by atoms with van der Waals surface area (Å²) < 4.78 is 13.1. The summed E-state index contributed by atoms with van der Waals surface area (Å²) in [7, 11) is 2.04. The fraction of sp³-hybridized carbons (Fsp3) is 0.538. The van der Waals surface area contributed by atoms with Crippen molar-refractivity contribution in [3.05, 3.63) is 29.6 Å². The lowest BCUT2D eigenvalue weighted by molar-refractivity contribution is 0.588. The molecule has 16 heavy (non-hydrogen) atoms. The quantitative estimate of drug-likeness (QED) is 0.701. The molecule has 0 saturated heterocycles. The second-order valence-corrected chi connectivity index (χ2v) is 4.26. The largest absolute Gasteiger partial charge is 0.371 e. The lowest BCUT2D eigenvalue weighted by Gasteiger charge is -2.30. The molecule has 0 aliphatic heterocycles. The maximum Gasteiger partial charge on any atom is 0.123 e. The Morgan fingerprint density at radius 2 is 1.94 bits per heavy atom. The van der Waals surface area contributed by atoms with Gasteiger partial charge in [0.15, 0.2) is 0 Å². The van der Waals surface area contributed by atoms with Crippen molar-refractivity contribution in [2.45, 2.75) is 38.6 Å². The lowest BCUT2D eigenvalue weighted by Crippen LogP contribution is -2.31. The van der Waals surface area contributed by atoms with Crippen LogP contribution in [0.15, 0.2) is 18.2 Å². The zero-order valence-corrected chi connectivity index (χ0v) is 10.9. The molecule has 0 spiro atoms. The predicted octanol–water partition coefficient (Wildman–Crippen LogP) is 4.19. The zero-order chi connectivity index (χ0) is 12.1. The Labute approximate surface area is 102 Å². The number of alkyl halides is 1. The van der Waals surface area contributed by atoms with Crippen LogP contribution in [-0.2, 0) is 5.88 Å². The minimum absolute atomic E-state index is 0.225. The van der Waals surface area contributed by atoms with Crippen molar-refractivity contribution >= 4 is 17.3 Å². The summed E-state index contributed by atoms with van der Waals surface area (Å²) in [5.74, 6) is 0.120. The van der Waals surface area contributed by atoms with Gasteiger partial charge in [0.05, 0.1) is 0 Å². The van der Waals surface area contributed by atoms with Crippen LogP contribution in [-0.4, -0.2) is 13.1 Å². The predicted molar refractivity (Wildman–Crippen MR) is 68.7 cm³/mol. The van der Waals surface area contributed by atoms with Crippen molar-refractivity contribution in [3.63, 3.8) is 0 Å². The molecule has 1 aromatic carbocycles. The molecule has 0 heterocycles. The third-order valence-corrected chi connectivity index (χ3v) is 3.34. The highest BCUT2D eigenvalue weighted by Crippen LogP contribution is 2.25. The van der Waals surface area contributed by atoms with Crippen molar-refractivity contribution in [1.29, 1.82) is 0 Å². The van der Waals surface area contributed by atoms with Gasteiger partial charge in [-0.2, -0.15) is 0 Å². The number of halogens is 2. The molecule has 0 saturated carbocycles. The van der Waals surface area contributed by atoms with Crippen molar-refractivity contribution in [2.75, 3.05) is 11.9 Å². The molecule has 1 rings (SSSR count). The molecule has 1 aromatic rings. The van der Waals surface area contributed by atoms with Gasteiger partial charge in [0, 0.05) is 24.7 Å². The monoisotopic (exact) mass is 243 g/mol. The van der Waals surface area contributed by atoms with Crippen LogP contribution >= 0.6 is 11.6 Å². The Hall–Kier alpha value is -0.760. The van der Waals surface area contributed by atoms with E-state index in [4.69, 9.17) is 11.6 Å². The maximum atomic E-state index is 13.1. The number of hydrogen-bond acceptors (Lipinski definition) is 1. The Morgan fingerprint density at radius 3 is 2.44 bits per heavy atom. The molecule has 0 atom stereocenters. The molecular weight excluding hydrogens is 225 g/mol. The molecule has 0 fully saturated rings. The van der Waals surface area contributed by atoms with Gasteiger partial charge in [0.1, 0.15) is 5.82 Å². The van der Waals surface area contributed by atoms with Crippen LogP contribution in [0.25, 0.3) is 0 Å². The average Bonchev–Trinajstić information content (AvgIpc) is 2.30. The second-order valence-electron chi connectivity index (χ2n) is 3.99. The van der Waals surface area contributed by atoms with E-state index in [0.29, 0.717) is 11.9 Å². The molecule has 90 valence electrons. The summed E-state index contributed by atoms with van der Waals surface area (Å²) in [5, 5.41) is 0. The zero-order valence-electron chi connectivity index (χ0n) is 10.1. The highest BCUT2D eigenvalue weighted by Gasteiger charge is 2.14. The van der Waals surface area contributed by atoms with E-state index in [-0.39, 0.29) is 5.82 Å². The normalized spacial score (nSPS) is 10.9. The van der Waals surface area contributed by atoms with Crippen LogP contribution in [0.2, 0.25) is 0 Å². The Morgan fingerprint density at radius 1 is 1.31 bits per heavy atom. The highest BCUT2D eigenvalue weighted by molar-refractivity contribution is 6.17. The summed E-state index contributed by atoms with van der Waals surface area (Å²) in [5.41, 5.74) is 1.89. The topological polar surface area (TPSA) is 3.24 Å². The minimum atomic E-state index is -0.225. The first-order valence-electron chi connectivity index (χ1n) is 5.71. The number of hydrogen-bond donors (Lipinski definition) is 0. The van der Waals surface area contributed by atoms with E-state index in [1.807, 2.05) is 13.1 Å². The van der Waals surface area contributed by atoms with Crippen LogP contribution in [0.5, 0.6) is 0 Å².